The summed E-state index contributed by atoms with van der Waals surface area (Å²) in [5.41, 5.74) is -0.0187. The molecule has 2 rings (SSSR count). The smallest absolute Gasteiger partial charge is 0.129 e. The van der Waals surface area contributed by atoms with Gasteiger partial charge in [-0.25, -0.2) is 8.78 Å². The van der Waals surface area contributed by atoms with Crippen molar-refractivity contribution in [3.8, 4) is 0 Å². The molecule has 2 unspecified atom stereocenters. The minimum atomic E-state index is -1.05. The minimum absolute atomic E-state index is 0.0187. The molecule has 0 bridgehead atoms. The van der Waals surface area contributed by atoms with Gasteiger partial charge >= 0.3 is 0 Å². The number of hydrogen-bond acceptors (Lipinski definition) is 3. The molecule has 2 atom stereocenters. The third-order valence-corrected chi connectivity index (χ3v) is 3.05. The van der Waals surface area contributed by atoms with Crippen molar-refractivity contribution in [2.45, 2.75) is 25.0 Å². The molecule has 1 heterocycles. The van der Waals surface area contributed by atoms with Crippen LogP contribution < -0.4 is 5.32 Å². The molecule has 1 aliphatic heterocycles. The Balaban J connectivity index is 1.83. The van der Waals surface area contributed by atoms with Crippen LogP contribution in [-0.4, -0.2) is 30.9 Å². The van der Waals surface area contributed by atoms with Gasteiger partial charge in [0, 0.05) is 25.3 Å². The van der Waals surface area contributed by atoms with Gasteiger partial charge in [0.05, 0.1) is 12.2 Å². The second-order valence-electron chi connectivity index (χ2n) is 4.47. The quantitative estimate of drug-likeness (QED) is 0.844. The van der Waals surface area contributed by atoms with E-state index < -0.39 is 17.7 Å². The molecule has 100 valence electrons. The summed E-state index contributed by atoms with van der Waals surface area (Å²) in [6.45, 7) is 1.57. The fourth-order valence-corrected chi connectivity index (χ4v) is 2.07. The van der Waals surface area contributed by atoms with Gasteiger partial charge in [-0.3, -0.25) is 0 Å². The summed E-state index contributed by atoms with van der Waals surface area (Å²) < 4.78 is 31.7. The van der Waals surface area contributed by atoms with Crippen LogP contribution in [0.15, 0.2) is 18.2 Å². The second-order valence-corrected chi connectivity index (χ2v) is 4.47. The van der Waals surface area contributed by atoms with Crippen molar-refractivity contribution in [1.29, 1.82) is 0 Å². The van der Waals surface area contributed by atoms with E-state index in [1.54, 1.807) is 0 Å². The van der Waals surface area contributed by atoms with Gasteiger partial charge in [0.15, 0.2) is 0 Å². The van der Waals surface area contributed by atoms with Crippen LogP contribution in [0, 0.1) is 11.6 Å². The number of aliphatic hydroxyl groups excluding tert-OH is 1. The molecule has 5 heteroatoms. The molecule has 0 radical (unpaired) electrons. The normalized spacial score (nSPS) is 21.2. The highest BCUT2D eigenvalue weighted by atomic mass is 19.1. The number of halogens is 2. The molecule has 3 nitrogen and oxygen atoms in total. The summed E-state index contributed by atoms with van der Waals surface area (Å²) in [7, 11) is 0. The number of benzene rings is 1. The van der Waals surface area contributed by atoms with Crippen LogP contribution in [-0.2, 0) is 4.74 Å². The summed E-state index contributed by atoms with van der Waals surface area (Å²) >= 11 is 0. The maximum Gasteiger partial charge on any atom is 0.129 e. The largest absolute Gasteiger partial charge is 0.387 e. The second kappa shape index (κ2) is 6.22. The van der Waals surface area contributed by atoms with Crippen LogP contribution in [0.1, 0.15) is 24.5 Å². The molecular weight excluding hydrogens is 240 g/mol. The molecule has 0 spiro atoms. The molecule has 0 amide bonds. The fraction of sp³-hybridized carbons (Fsp3) is 0.538. The highest BCUT2D eigenvalue weighted by molar-refractivity contribution is 5.21. The van der Waals surface area contributed by atoms with Crippen LogP contribution >= 0.6 is 0 Å². The van der Waals surface area contributed by atoms with E-state index in [-0.39, 0.29) is 18.2 Å². The number of hydrogen-bond donors (Lipinski definition) is 2. The van der Waals surface area contributed by atoms with Crippen LogP contribution in [0.25, 0.3) is 0 Å². The lowest BCUT2D eigenvalue weighted by Gasteiger charge is -2.15. The topological polar surface area (TPSA) is 41.5 Å². The lowest BCUT2D eigenvalue weighted by molar-refractivity contribution is 0.103. The van der Waals surface area contributed by atoms with Crippen molar-refractivity contribution in [3.05, 3.63) is 35.4 Å². The summed E-state index contributed by atoms with van der Waals surface area (Å²) in [4.78, 5) is 0. The fourth-order valence-electron chi connectivity index (χ4n) is 2.07. The van der Waals surface area contributed by atoms with E-state index in [4.69, 9.17) is 4.74 Å². The zero-order valence-corrected chi connectivity index (χ0v) is 10.0. The van der Waals surface area contributed by atoms with Gasteiger partial charge in [0.25, 0.3) is 0 Å². The Morgan fingerprint density at radius 2 is 2.28 bits per heavy atom. The van der Waals surface area contributed by atoms with E-state index in [1.807, 2.05) is 0 Å². The average Bonchev–Trinajstić information content (AvgIpc) is 2.85. The first-order valence-corrected chi connectivity index (χ1v) is 6.12. The summed E-state index contributed by atoms with van der Waals surface area (Å²) in [5.74, 6) is -1.15. The Bertz CT molecular complexity index is 395. The van der Waals surface area contributed by atoms with Crippen molar-refractivity contribution in [1.82, 2.24) is 5.32 Å². The van der Waals surface area contributed by atoms with Crippen molar-refractivity contribution >= 4 is 0 Å². The zero-order valence-electron chi connectivity index (χ0n) is 10.0. The van der Waals surface area contributed by atoms with Crippen molar-refractivity contribution in [3.63, 3.8) is 0 Å². The Hall–Kier alpha value is -1.04. The van der Waals surface area contributed by atoms with E-state index in [9.17, 15) is 13.9 Å². The molecule has 18 heavy (non-hydrogen) atoms. The number of aliphatic hydroxyl groups is 1. The predicted octanol–water partition coefficient (Wildman–Crippen LogP) is 1.77. The SMILES string of the molecule is OC(CNCC1CCCO1)c1cc(F)ccc1F. The van der Waals surface area contributed by atoms with E-state index >= 15 is 0 Å². The van der Waals surface area contributed by atoms with E-state index in [1.165, 1.54) is 0 Å². The van der Waals surface area contributed by atoms with Crippen LogP contribution in [0.2, 0.25) is 0 Å². The maximum atomic E-state index is 13.4. The van der Waals surface area contributed by atoms with Gasteiger partial charge in [-0.2, -0.15) is 0 Å². The molecule has 2 N–H and O–H groups in total. The van der Waals surface area contributed by atoms with Crippen LogP contribution in [0.5, 0.6) is 0 Å². The molecule has 0 aromatic heterocycles. The van der Waals surface area contributed by atoms with Crippen molar-refractivity contribution in [2.75, 3.05) is 19.7 Å². The minimum Gasteiger partial charge on any atom is -0.387 e. The third kappa shape index (κ3) is 3.48. The highest BCUT2D eigenvalue weighted by Gasteiger charge is 2.17. The predicted molar refractivity (Wildman–Crippen MR) is 63.2 cm³/mol. The van der Waals surface area contributed by atoms with Crippen LogP contribution in [0.3, 0.4) is 0 Å². The molecule has 1 aliphatic rings. The van der Waals surface area contributed by atoms with Gasteiger partial charge < -0.3 is 15.2 Å². The van der Waals surface area contributed by atoms with Gasteiger partial charge in [0.1, 0.15) is 11.6 Å². The first-order chi connectivity index (χ1) is 8.66. The zero-order chi connectivity index (χ0) is 13.0. The molecule has 0 aliphatic carbocycles. The monoisotopic (exact) mass is 257 g/mol. The Morgan fingerprint density at radius 1 is 1.44 bits per heavy atom. The van der Waals surface area contributed by atoms with Crippen molar-refractivity contribution < 1.29 is 18.6 Å². The first kappa shape index (κ1) is 13.4. The van der Waals surface area contributed by atoms with E-state index in [0.717, 1.165) is 37.6 Å². The number of rotatable bonds is 5. The highest BCUT2D eigenvalue weighted by Crippen LogP contribution is 2.18. The van der Waals surface area contributed by atoms with Gasteiger partial charge in [0.2, 0.25) is 0 Å². The van der Waals surface area contributed by atoms with Gasteiger partial charge in [-0.15, -0.1) is 0 Å². The number of nitrogens with one attached hydrogen (secondary N) is 1. The van der Waals surface area contributed by atoms with Crippen molar-refractivity contribution in [2.24, 2.45) is 0 Å². The lowest BCUT2D eigenvalue weighted by Crippen LogP contribution is -2.30. The average molecular weight is 257 g/mol. The third-order valence-electron chi connectivity index (χ3n) is 3.05. The maximum absolute atomic E-state index is 13.4. The molecule has 1 aromatic rings. The Kier molecular flexibility index (Phi) is 4.63. The molecule has 0 saturated carbocycles. The molecular formula is C13H17F2NO2. The molecule has 1 saturated heterocycles. The number of ether oxygens (including phenoxy) is 1. The standard InChI is InChI=1S/C13H17F2NO2/c14-9-3-4-12(15)11(6-9)13(17)8-16-7-10-2-1-5-18-10/h3-4,6,10,13,16-17H,1-2,5,7-8H2. The molecule has 1 aromatic carbocycles. The summed E-state index contributed by atoms with van der Waals surface area (Å²) in [5, 5.41) is 12.8. The van der Waals surface area contributed by atoms with Gasteiger partial charge in [-0.1, -0.05) is 0 Å². The Morgan fingerprint density at radius 3 is 3.00 bits per heavy atom. The van der Waals surface area contributed by atoms with E-state index in [0.29, 0.717) is 6.54 Å². The lowest BCUT2D eigenvalue weighted by atomic mass is 10.1. The summed E-state index contributed by atoms with van der Waals surface area (Å²) in [6.07, 6.45) is 1.15. The molecule has 1 fully saturated rings. The first-order valence-electron chi connectivity index (χ1n) is 6.12. The summed E-state index contributed by atoms with van der Waals surface area (Å²) in [6, 6.07) is 3.08. The van der Waals surface area contributed by atoms with Gasteiger partial charge in [-0.05, 0) is 31.0 Å². The Labute approximate surface area is 105 Å². The van der Waals surface area contributed by atoms with E-state index in [2.05, 4.69) is 5.32 Å². The van der Waals surface area contributed by atoms with Crippen LogP contribution in [0.4, 0.5) is 8.78 Å².